The van der Waals surface area contributed by atoms with E-state index in [4.69, 9.17) is 0 Å². The number of piperidine rings is 1. The summed E-state index contributed by atoms with van der Waals surface area (Å²) < 4.78 is 0. The first-order valence-electron chi connectivity index (χ1n) is 8.92. The van der Waals surface area contributed by atoms with Gasteiger partial charge in [-0.05, 0) is 69.0 Å². The first-order chi connectivity index (χ1) is 10.3. The Balaban J connectivity index is 1.34. The Kier molecular flexibility index (Phi) is 5.87. The maximum atomic E-state index is 12.1. The van der Waals surface area contributed by atoms with Crippen molar-refractivity contribution in [2.75, 3.05) is 31.1 Å². The molecule has 2 saturated heterocycles. The Labute approximate surface area is 133 Å². The fourth-order valence-electron chi connectivity index (χ4n) is 4.15. The van der Waals surface area contributed by atoms with Crippen molar-refractivity contribution in [3.05, 3.63) is 0 Å². The number of nitrogens with one attached hydrogen (secondary N) is 1. The Bertz CT molecular complexity index is 330. The van der Waals surface area contributed by atoms with Crippen LogP contribution in [0.3, 0.4) is 0 Å². The maximum Gasteiger partial charge on any atom is 0.223 e. The van der Waals surface area contributed by atoms with Gasteiger partial charge in [0.15, 0.2) is 0 Å². The molecule has 2 heterocycles. The van der Waals surface area contributed by atoms with Gasteiger partial charge in [0.1, 0.15) is 0 Å². The Morgan fingerprint density at radius 2 is 1.67 bits per heavy atom. The number of amides is 1. The van der Waals surface area contributed by atoms with Crippen LogP contribution >= 0.6 is 11.8 Å². The van der Waals surface area contributed by atoms with E-state index >= 15 is 0 Å². The van der Waals surface area contributed by atoms with Crippen LogP contribution in [0.15, 0.2) is 0 Å². The van der Waals surface area contributed by atoms with Gasteiger partial charge in [-0.3, -0.25) is 4.79 Å². The van der Waals surface area contributed by atoms with Gasteiger partial charge in [-0.25, -0.2) is 0 Å². The molecule has 0 bridgehead atoms. The third-order valence-corrected chi connectivity index (χ3v) is 6.70. The van der Waals surface area contributed by atoms with Crippen LogP contribution in [-0.4, -0.2) is 48.0 Å². The van der Waals surface area contributed by atoms with Crippen LogP contribution in [0.25, 0.3) is 0 Å². The number of likely N-dealkylation sites (tertiary alicyclic amines) is 1. The monoisotopic (exact) mass is 310 g/mol. The van der Waals surface area contributed by atoms with Crippen LogP contribution in [0.5, 0.6) is 0 Å². The summed E-state index contributed by atoms with van der Waals surface area (Å²) in [5, 5.41) is 3.23. The normalized spacial score (nSPS) is 27.0. The fraction of sp³-hybridized carbons (Fsp3) is 0.941. The van der Waals surface area contributed by atoms with E-state index in [1.165, 1.54) is 63.1 Å². The van der Waals surface area contributed by atoms with Crippen molar-refractivity contribution in [1.29, 1.82) is 0 Å². The molecule has 3 aliphatic rings. The summed E-state index contributed by atoms with van der Waals surface area (Å²) in [7, 11) is 0. The van der Waals surface area contributed by atoms with Gasteiger partial charge in [-0.2, -0.15) is 11.8 Å². The standard InChI is InChI=1S/C17H30N2OS/c20-17(15-3-1-2-4-15)18-13-14-5-9-19(10-6-14)16-7-11-21-12-8-16/h14-16H,1-13H2,(H,18,20). The number of rotatable bonds is 4. The summed E-state index contributed by atoms with van der Waals surface area (Å²) in [5.74, 6) is 4.07. The maximum absolute atomic E-state index is 12.1. The van der Waals surface area contributed by atoms with E-state index in [2.05, 4.69) is 22.0 Å². The highest BCUT2D eigenvalue weighted by Crippen LogP contribution is 2.27. The predicted molar refractivity (Wildman–Crippen MR) is 89.6 cm³/mol. The van der Waals surface area contributed by atoms with Crippen molar-refractivity contribution in [3.63, 3.8) is 0 Å². The van der Waals surface area contributed by atoms with Crippen LogP contribution in [0.2, 0.25) is 0 Å². The van der Waals surface area contributed by atoms with E-state index in [1.807, 2.05) is 0 Å². The number of carbonyl (C=O) groups excluding carboxylic acids is 1. The van der Waals surface area contributed by atoms with Crippen molar-refractivity contribution in [2.24, 2.45) is 11.8 Å². The lowest BCUT2D eigenvalue weighted by molar-refractivity contribution is -0.125. The lowest BCUT2D eigenvalue weighted by Gasteiger charge is -2.39. The molecule has 120 valence electrons. The van der Waals surface area contributed by atoms with Gasteiger partial charge in [0.25, 0.3) is 0 Å². The Morgan fingerprint density at radius 1 is 1.00 bits per heavy atom. The van der Waals surface area contributed by atoms with E-state index in [-0.39, 0.29) is 0 Å². The first kappa shape index (κ1) is 15.7. The molecule has 0 aromatic carbocycles. The smallest absolute Gasteiger partial charge is 0.223 e. The third-order valence-electron chi connectivity index (χ3n) is 5.65. The summed E-state index contributed by atoms with van der Waals surface area (Å²) in [4.78, 5) is 14.8. The van der Waals surface area contributed by atoms with Crippen molar-refractivity contribution in [3.8, 4) is 0 Å². The number of thioether (sulfide) groups is 1. The summed E-state index contributed by atoms with van der Waals surface area (Å²) in [5.41, 5.74) is 0. The van der Waals surface area contributed by atoms with Crippen molar-refractivity contribution in [2.45, 2.75) is 57.4 Å². The van der Waals surface area contributed by atoms with Crippen molar-refractivity contribution in [1.82, 2.24) is 10.2 Å². The zero-order chi connectivity index (χ0) is 14.5. The molecular weight excluding hydrogens is 280 g/mol. The summed E-state index contributed by atoms with van der Waals surface area (Å²) in [6, 6.07) is 0.847. The van der Waals surface area contributed by atoms with Crippen LogP contribution in [0.1, 0.15) is 51.4 Å². The molecule has 0 unspecified atom stereocenters. The van der Waals surface area contributed by atoms with Gasteiger partial charge >= 0.3 is 0 Å². The van der Waals surface area contributed by atoms with Crippen LogP contribution in [-0.2, 0) is 4.79 Å². The molecule has 2 aliphatic heterocycles. The molecule has 1 aliphatic carbocycles. The number of nitrogens with zero attached hydrogens (tertiary/aromatic N) is 1. The second kappa shape index (κ2) is 7.87. The average molecular weight is 311 g/mol. The molecule has 1 N–H and O–H groups in total. The second-order valence-corrected chi connectivity index (χ2v) is 8.27. The van der Waals surface area contributed by atoms with Crippen LogP contribution in [0.4, 0.5) is 0 Å². The highest BCUT2D eigenvalue weighted by molar-refractivity contribution is 7.99. The molecule has 3 fully saturated rings. The topological polar surface area (TPSA) is 32.3 Å². The quantitative estimate of drug-likeness (QED) is 0.866. The second-order valence-electron chi connectivity index (χ2n) is 7.05. The predicted octanol–water partition coefficient (Wildman–Crippen LogP) is 2.90. The molecule has 4 heteroatoms. The lowest BCUT2D eigenvalue weighted by Crippen LogP contribution is -2.45. The minimum absolute atomic E-state index is 0.324. The Morgan fingerprint density at radius 3 is 2.33 bits per heavy atom. The summed E-state index contributed by atoms with van der Waals surface area (Å²) >= 11 is 2.11. The highest BCUT2D eigenvalue weighted by Gasteiger charge is 2.27. The first-order valence-corrected chi connectivity index (χ1v) is 10.1. The zero-order valence-electron chi connectivity index (χ0n) is 13.2. The van der Waals surface area contributed by atoms with E-state index < -0.39 is 0 Å². The summed E-state index contributed by atoms with van der Waals surface area (Å²) in [6.45, 7) is 3.42. The molecule has 3 rings (SSSR count). The third kappa shape index (κ3) is 4.38. The molecule has 0 aromatic heterocycles. The van der Waals surface area contributed by atoms with Gasteiger partial charge in [0.2, 0.25) is 5.91 Å². The number of carbonyl (C=O) groups is 1. The molecule has 0 atom stereocenters. The zero-order valence-corrected chi connectivity index (χ0v) is 14.0. The average Bonchev–Trinajstić information content (AvgIpc) is 3.08. The largest absolute Gasteiger partial charge is 0.356 e. The molecular formula is C17H30N2OS. The van der Waals surface area contributed by atoms with Gasteiger partial charge in [0.05, 0.1) is 0 Å². The summed E-state index contributed by atoms with van der Waals surface area (Å²) in [6.07, 6.45) is 10.0. The van der Waals surface area contributed by atoms with E-state index in [0.29, 0.717) is 17.7 Å². The number of hydrogen-bond donors (Lipinski definition) is 1. The molecule has 0 spiro atoms. The number of hydrogen-bond acceptors (Lipinski definition) is 3. The molecule has 0 aromatic rings. The van der Waals surface area contributed by atoms with E-state index in [0.717, 1.165) is 25.4 Å². The van der Waals surface area contributed by atoms with Gasteiger partial charge in [0, 0.05) is 18.5 Å². The minimum atomic E-state index is 0.324. The SMILES string of the molecule is O=C(NCC1CCN(C2CCSCC2)CC1)C1CCCC1. The molecule has 1 saturated carbocycles. The Hall–Kier alpha value is -0.220. The van der Waals surface area contributed by atoms with E-state index in [1.54, 1.807) is 0 Å². The molecule has 3 nitrogen and oxygen atoms in total. The van der Waals surface area contributed by atoms with Gasteiger partial charge in [-0.1, -0.05) is 12.8 Å². The van der Waals surface area contributed by atoms with Crippen molar-refractivity contribution >= 4 is 17.7 Å². The van der Waals surface area contributed by atoms with Crippen LogP contribution < -0.4 is 5.32 Å². The highest BCUT2D eigenvalue weighted by atomic mass is 32.2. The fourth-order valence-corrected chi connectivity index (χ4v) is 5.23. The van der Waals surface area contributed by atoms with Gasteiger partial charge < -0.3 is 10.2 Å². The van der Waals surface area contributed by atoms with E-state index in [9.17, 15) is 4.79 Å². The van der Waals surface area contributed by atoms with Crippen molar-refractivity contribution < 1.29 is 4.79 Å². The van der Waals surface area contributed by atoms with Gasteiger partial charge in [-0.15, -0.1) is 0 Å². The lowest BCUT2D eigenvalue weighted by atomic mass is 9.94. The molecule has 1 amide bonds. The molecule has 21 heavy (non-hydrogen) atoms. The molecule has 0 radical (unpaired) electrons. The minimum Gasteiger partial charge on any atom is -0.356 e. The van der Waals surface area contributed by atoms with Crippen LogP contribution in [0, 0.1) is 11.8 Å².